The van der Waals surface area contributed by atoms with Crippen LogP contribution in [0.5, 0.6) is 0 Å². The van der Waals surface area contributed by atoms with Crippen LogP contribution in [0.1, 0.15) is 13.8 Å². The maximum atomic E-state index is 11.9. The topological polar surface area (TPSA) is 55.4 Å². The lowest BCUT2D eigenvalue weighted by Crippen LogP contribution is -2.24. The molecule has 1 aromatic rings. The standard InChI is InChI=1S/C13H16BrNO3S/c1-3-18-12(16)8-19-9(2)13(17)15-11-6-4-10(14)5-7-11/h4-7,9H,3,8H2,1-2H3,(H,15,17)/t9-/m1/s1. The van der Waals surface area contributed by atoms with Gasteiger partial charge in [0.1, 0.15) is 0 Å². The van der Waals surface area contributed by atoms with Gasteiger partial charge in [-0.05, 0) is 38.1 Å². The third-order valence-corrected chi connectivity index (χ3v) is 3.88. The van der Waals surface area contributed by atoms with Crippen molar-refractivity contribution >= 4 is 45.3 Å². The lowest BCUT2D eigenvalue weighted by Gasteiger charge is -2.11. The Morgan fingerprint density at radius 1 is 1.37 bits per heavy atom. The van der Waals surface area contributed by atoms with Gasteiger partial charge < -0.3 is 10.1 Å². The molecule has 0 aromatic heterocycles. The first-order valence-corrected chi connectivity index (χ1v) is 7.70. The molecule has 1 atom stereocenters. The van der Waals surface area contributed by atoms with Crippen LogP contribution in [-0.2, 0) is 14.3 Å². The molecule has 0 radical (unpaired) electrons. The molecule has 1 N–H and O–H groups in total. The fourth-order valence-electron chi connectivity index (χ4n) is 1.25. The third kappa shape index (κ3) is 6.11. The third-order valence-electron chi connectivity index (χ3n) is 2.24. The van der Waals surface area contributed by atoms with Gasteiger partial charge in [-0.25, -0.2) is 0 Å². The van der Waals surface area contributed by atoms with Crippen LogP contribution in [0, 0.1) is 0 Å². The summed E-state index contributed by atoms with van der Waals surface area (Å²) in [6.07, 6.45) is 0. The van der Waals surface area contributed by atoms with E-state index >= 15 is 0 Å². The fraction of sp³-hybridized carbons (Fsp3) is 0.385. The summed E-state index contributed by atoms with van der Waals surface area (Å²) in [7, 11) is 0. The highest BCUT2D eigenvalue weighted by molar-refractivity contribution is 9.10. The molecule has 104 valence electrons. The molecule has 0 aliphatic heterocycles. The number of thioether (sulfide) groups is 1. The molecule has 0 unspecified atom stereocenters. The zero-order valence-corrected chi connectivity index (χ0v) is 13.2. The number of hydrogen-bond donors (Lipinski definition) is 1. The number of hydrogen-bond acceptors (Lipinski definition) is 4. The lowest BCUT2D eigenvalue weighted by atomic mass is 10.3. The van der Waals surface area contributed by atoms with Crippen LogP contribution < -0.4 is 5.32 Å². The van der Waals surface area contributed by atoms with E-state index in [0.717, 1.165) is 10.2 Å². The molecular formula is C13H16BrNO3S. The van der Waals surface area contributed by atoms with Crippen LogP contribution in [0.25, 0.3) is 0 Å². The molecular weight excluding hydrogens is 330 g/mol. The molecule has 0 saturated carbocycles. The predicted molar refractivity (Wildman–Crippen MR) is 81.3 cm³/mol. The van der Waals surface area contributed by atoms with E-state index < -0.39 is 0 Å². The van der Waals surface area contributed by atoms with Crippen molar-refractivity contribution in [3.8, 4) is 0 Å². The van der Waals surface area contributed by atoms with Gasteiger partial charge in [0, 0.05) is 10.2 Å². The smallest absolute Gasteiger partial charge is 0.315 e. The molecule has 0 aliphatic carbocycles. The quantitative estimate of drug-likeness (QED) is 0.805. The van der Waals surface area contributed by atoms with Gasteiger partial charge >= 0.3 is 5.97 Å². The van der Waals surface area contributed by atoms with E-state index in [-0.39, 0.29) is 22.9 Å². The van der Waals surface area contributed by atoms with E-state index in [2.05, 4.69) is 21.2 Å². The number of amides is 1. The van der Waals surface area contributed by atoms with Crippen LogP contribution >= 0.6 is 27.7 Å². The van der Waals surface area contributed by atoms with Crippen molar-refractivity contribution in [3.63, 3.8) is 0 Å². The maximum Gasteiger partial charge on any atom is 0.315 e. The number of benzene rings is 1. The van der Waals surface area contributed by atoms with Crippen molar-refractivity contribution in [2.45, 2.75) is 19.1 Å². The van der Waals surface area contributed by atoms with Crippen molar-refractivity contribution < 1.29 is 14.3 Å². The highest BCUT2D eigenvalue weighted by Gasteiger charge is 2.15. The molecule has 0 saturated heterocycles. The Morgan fingerprint density at radius 3 is 2.58 bits per heavy atom. The zero-order valence-electron chi connectivity index (χ0n) is 10.8. The van der Waals surface area contributed by atoms with Crippen molar-refractivity contribution in [2.75, 3.05) is 17.7 Å². The number of anilines is 1. The van der Waals surface area contributed by atoms with Crippen molar-refractivity contribution in [3.05, 3.63) is 28.7 Å². The summed E-state index contributed by atoms with van der Waals surface area (Å²) in [6.45, 7) is 3.88. The van der Waals surface area contributed by atoms with Gasteiger partial charge in [0.25, 0.3) is 0 Å². The molecule has 0 fully saturated rings. The summed E-state index contributed by atoms with van der Waals surface area (Å²) < 4.78 is 5.76. The average molecular weight is 346 g/mol. The SMILES string of the molecule is CCOC(=O)CS[C@H](C)C(=O)Nc1ccc(Br)cc1. The molecule has 1 rings (SSSR count). The summed E-state index contributed by atoms with van der Waals surface area (Å²) in [5, 5.41) is 2.48. The minimum atomic E-state index is -0.312. The number of halogens is 1. The van der Waals surface area contributed by atoms with Crippen molar-refractivity contribution in [1.29, 1.82) is 0 Å². The highest BCUT2D eigenvalue weighted by atomic mass is 79.9. The summed E-state index contributed by atoms with van der Waals surface area (Å²) in [5.74, 6) is -0.240. The van der Waals surface area contributed by atoms with Crippen LogP contribution in [-0.4, -0.2) is 29.5 Å². The van der Waals surface area contributed by atoms with Crippen molar-refractivity contribution in [2.24, 2.45) is 0 Å². The van der Waals surface area contributed by atoms with Gasteiger partial charge in [-0.3, -0.25) is 9.59 Å². The molecule has 1 amide bonds. The molecule has 4 nitrogen and oxygen atoms in total. The Morgan fingerprint density at radius 2 is 2.00 bits per heavy atom. The molecule has 0 bridgehead atoms. The Bertz CT molecular complexity index is 436. The van der Waals surface area contributed by atoms with Gasteiger partial charge in [0.15, 0.2) is 0 Å². The Hall–Kier alpha value is -1.01. The van der Waals surface area contributed by atoms with Crippen LogP contribution in [0.4, 0.5) is 5.69 Å². The number of rotatable bonds is 6. The number of carbonyl (C=O) groups is 2. The Kier molecular flexibility index (Phi) is 6.94. The van der Waals surface area contributed by atoms with E-state index in [1.807, 2.05) is 24.3 Å². The molecule has 19 heavy (non-hydrogen) atoms. The minimum Gasteiger partial charge on any atom is -0.465 e. The molecule has 1 aromatic carbocycles. The summed E-state index contributed by atoms with van der Waals surface area (Å²) in [6, 6.07) is 7.33. The van der Waals surface area contributed by atoms with Crippen molar-refractivity contribution in [1.82, 2.24) is 0 Å². The summed E-state index contributed by atoms with van der Waals surface area (Å²) >= 11 is 4.59. The normalized spacial score (nSPS) is 11.7. The van der Waals surface area contributed by atoms with Gasteiger partial charge in [0.2, 0.25) is 5.91 Å². The monoisotopic (exact) mass is 345 g/mol. The zero-order chi connectivity index (χ0) is 14.3. The minimum absolute atomic E-state index is 0.128. The number of carbonyl (C=O) groups excluding carboxylic acids is 2. The number of ether oxygens (including phenoxy) is 1. The first-order chi connectivity index (χ1) is 9.02. The second kappa shape index (κ2) is 8.22. The predicted octanol–water partition coefficient (Wildman–Crippen LogP) is 3.07. The fourth-order valence-corrected chi connectivity index (χ4v) is 2.19. The van der Waals surface area contributed by atoms with E-state index in [1.165, 1.54) is 11.8 Å². The second-order valence-electron chi connectivity index (χ2n) is 3.75. The molecule has 0 aliphatic rings. The number of nitrogens with one attached hydrogen (secondary N) is 1. The van der Waals surface area contributed by atoms with E-state index in [1.54, 1.807) is 13.8 Å². The van der Waals surface area contributed by atoms with E-state index in [4.69, 9.17) is 4.74 Å². The summed E-state index contributed by atoms with van der Waals surface area (Å²) in [4.78, 5) is 23.1. The first kappa shape index (κ1) is 16.0. The first-order valence-electron chi connectivity index (χ1n) is 5.86. The Labute approximate surface area is 125 Å². The maximum absolute atomic E-state index is 11.9. The average Bonchev–Trinajstić information content (AvgIpc) is 2.39. The molecule has 0 heterocycles. The Balaban J connectivity index is 2.40. The summed E-state index contributed by atoms with van der Waals surface area (Å²) in [5.41, 5.74) is 0.733. The van der Waals surface area contributed by atoms with E-state index in [0.29, 0.717) is 6.61 Å². The van der Waals surface area contributed by atoms with Gasteiger partial charge in [-0.2, -0.15) is 0 Å². The highest BCUT2D eigenvalue weighted by Crippen LogP contribution is 2.17. The molecule has 0 spiro atoms. The largest absolute Gasteiger partial charge is 0.465 e. The van der Waals surface area contributed by atoms with Crippen LogP contribution in [0.2, 0.25) is 0 Å². The second-order valence-corrected chi connectivity index (χ2v) is 6.00. The lowest BCUT2D eigenvalue weighted by molar-refractivity contribution is -0.139. The van der Waals surface area contributed by atoms with E-state index in [9.17, 15) is 9.59 Å². The molecule has 6 heteroatoms. The van der Waals surface area contributed by atoms with Crippen LogP contribution in [0.15, 0.2) is 28.7 Å². The van der Waals surface area contributed by atoms with Crippen LogP contribution in [0.3, 0.4) is 0 Å². The van der Waals surface area contributed by atoms with Gasteiger partial charge in [0.05, 0.1) is 17.6 Å². The van der Waals surface area contributed by atoms with Gasteiger partial charge in [-0.15, -0.1) is 11.8 Å². The van der Waals surface area contributed by atoms with Gasteiger partial charge in [-0.1, -0.05) is 15.9 Å². The number of esters is 1.